The fourth-order valence-electron chi connectivity index (χ4n) is 3.48. The Bertz CT molecular complexity index is 1210. The van der Waals surface area contributed by atoms with E-state index in [1.807, 2.05) is 39.1 Å². The van der Waals surface area contributed by atoms with Crippen molar-refractivity contribution >= 4 is 45.3 Å². The lowest BCUT2D eigenvalue weighted by molar-refractivity contribution is -0.118. The largest absolute Gasteiger partial charge is 0.300 e. The number of hydrogen-bond donors (Lipinski definition) is 0. The van der Waals surface area contributed by atoms with Crippen molar-refractivity contribution in [2.45, 2.75) is 45.6 Å². The maximum Gasteiger partial charge on any atom is 0.221 e. The summed E-state index contributed by atoms with van der Waals surface area (Å²) >= 11 is 2.77. The molecule has 2 aromatic heterocycles. The number of rotatable bonds is 8. The third-order valence-corrected chi connectivity index (χ3v) is 6.88. The Balaban J connectivity index is 2.26. The van der Waals surface area contributed by atoms with E-state index in [0.717, 1.165) is 50.1 Å². The van der Waals surface area contributed by atoms with E-state index in [1.54, 1.807) is 23.9 Å². The van der Waals surface area contributed by atoms with Crippen molar-refractivity contribution < 1.29 is 9.59 Å². The van der Waals surface area contributed by atoms with Gasteiger partial charge in [-0.3, -0.25) is 14.6 Å². The van der Waals surface area contributed by atoms with Crippen molar-refractivity contribution in [3.63, 3.8) is 0 Å². The van der Waals surface area contributed by atoms with Crippen LogP contribution in [0.3, 0.4) is 0 Å². The molecule has 0 spiro atoms. The Morgan fingerprint density at radius 3 is 2.47 bits per heavy atom. The molecule has 0 saturated carbocycles. The van der Waals surface area contributed by atoms with Crippen molar-refractivity contribution in [2.24, 2.45) is 0 Å². The summed E-state index contributed by atoms with van der Waals surface area (Å²) in [5, 5.41) is 10.8. The number of carbonyl (C=O) groups excluding carboxylic acids is 2. The van der Waals surface area contributed by atoms with Gasteiger partial charge < -0.3 is 0 Å². The molecule has 0 amide bonds. The lowest BCUT2D eigenvalue weighted by Crippen LogP contribution is -2.08. The lowest BCUT2D eigenvalue weighted by Gasteiger charge is -2.18. The van der Waals surface area contributed by atoms with Gasteiger partial charge in [-0.25, -0.2) is 4.98 Å². The van der Waals surface area contributed by atoms with Gasteiger partial charge in [-0.2, -0.15) is 5.26 Å². The van der Waals surface area contributed by atoms with Crippen molar-refractivity contribution in [3.8, 4) is 17.2 Å². The number of carbonyl (C=O) groups is 2. The van der Waals surface area contributed by atoms with Gasteiger partial charge in [0.1, 0.15) is 10.8 Å². The first-order valence-electron chi connectivity index (χ1n) is 10.5. The summed E-state index contributed by atoms with van der Waals surface area (Å²) in [6.45, 7) is 7.71. The molecule has 0 N–H and O–H groups in total. The third-order valence-electron chi connectivity index (χ3n) is 5.14. The quantitative estimate of drug-likeness (QED) is 0.371. The predicted molar refractivity (Wildman–Crippen MR) is 132 cm³/mol. The number of nitriles is 1. The van der Waals surface area contributed by atoms with E-state index in [0.29, 0.717) is 35.4 Å². The van der Waals surface area contributed by atoms with E-state index in [1.165, 1.54) is 0 Å². The van der Waals surface area contributed by atoms with E-state index in [-0.39, 0.29) is 10.9 Å². The molecule has 7 heteroatoms. The number of fused-ring (bicyclic) bond motifs is 1. The first-order chi connectivity index (χ1) is 15.4. The van der Waals surface area contributed by atoms with Gasteiger partial charge in [-0.05, 0) is 42.9 Å². The Morgan fingerprint density at radius 1 is 1.12 bits per heavy atom. The van der Waals surface area contributed by atoms with Crippen LogP contribution in [-0.2, 0) is 4.79 Å². The minimum atomic E-state index is -0.103. The van der Waals surface area contributed by atoms with Gasteiger partial charge in [0.15, 0.2) is 0 Å². The highest BCUT2D eigenvalue weighted by Gasteiger charge is 2.24. The molecule has 0 saturated heterocycles. The fraction of sp³-hybridized carbons (Fsp3) is 0.320. The molecular weight excluding hydrogens is 438 g/mol. The number of aromatic nitrogens is 2. The molecule has 164 valence electrons. The van der Waals surface area contributed by atoms with Crippen LogP contribution in [0.2, 0.25) is 0 Å². The minimum Gasteiger partial charge on any atom is -0.300 e. The lowest BCUT2D eigenvalue weighted by atomic mass is 9.94. The molecule has 0 fully saturated rings. The minimum absolute atomic E-state index is 0.103. The first-order valence-corrected chi connectivity index (χ1v) is 12.5. The number of aryl methyl sites for hydroxylation is 2. The topological polar surface area (TPSA) is 83.7 Å². The Labute approximate surface area is 197 Å². The average molecular weight is 464 g/mol. The Hall–Kier alpha value is -2.69. The Morgan fingerprint density at radius 2 is 1.84 bits per heavy atom. The molecule has 0 bridgehead atoms. The van der Waals surface area contributed by atoms with Gasteiger partial charge in [-0.15, -0.1) is 11.8 Å². The summed E-state index contributed by atoms with van der Waals surface area (Å²) < 4.78 is 0. The van der Waals surface area contributed by atoms with Crippen LogP contribution in [0, 0.1) is 25.2 Å². The van der Waals surface area contributed by atoms with Gasteiger partial charge >= 0.3 is 0 Å². The third kappa shape index (κ3) is 5.03. The zero-order chi connectivity index (χ0) is 23.3. The summed E-state index contributed by atoms with van der Waals surface area (Å²) in [5.74, 6) is 1.42. The fourth-order valence-corrected chi connectivity index (χ4v) is 5.13. The number of thioether (sulfide) groups is 2. The second-order valence-corrected chi connectivity index (χ2v) is 9.64. The van der Waals surface area contributed by atoms with Crippen LogP contribution in [0.4, 0.5) is 0 Å². The molecule has 5 nitrogen and oxygen atoms in total. The second kappa shape index (κ2) is 10.8. The van der Waals surface area contributed by atoms with Crippen LogP contribution in [0.1, 0.15) is 53.9 Å². The summed E-state index contributed by atoms with van der Waals surface area (Å²) in [6.07, 6.45) is 2.67. The summed E-state index contributed by atoms with van der Waals surface area (Å²) in [7, 11) is 0. The first kappa shape index (κ1) is 24.0. The van der Waals surface area contributed by atoms with Crippen molar-refractivity contribution in [1.82, 2.24) is 9.97 Å². The van der Waals surface area contributed by atoms with Crippen LogP contribution in [0.15, 0.2) is 35.5 Å². The summed E-state index contributed by atoms with van der Waals surface area (Å²) in [6, 6.07) is 9.41. The van der Waals surface area contributed by atoms with E-state index >= 15 is 0 Å². The number of pyridine rings is 2. The van der Waals surface area contributed by atoms with Crippen molar-refractivity contribution in [1.29, 1.82) is 5.26 Å². The number of ketones is 1. The standard InChI is InChI=1S/C25H25N3O2S2/c1-5-19(29)11-12-32-25(30)20-16(4)28-23-15(3)14-27-24(31-6-2)22(23)21(20)18-9-7-17(13-26)8-10-18/h7-10,14H,5-6,11-12H2,1-4H3. The van der Waals surface area contributed by atoms with Crippen molar-refractivity contribution in [3.05, 3.63) is 52.8 Å². The van der Waals surface area contributed by atoms with Crippen LogP contribution >= 0.6 is 23.5 Å². The molecular formula is C25H25N3O2S2. The van der Waals surface area contributed by atoms with E-state index in [2.05, 4.69) is 18.0 Å². The van der Waals surface area contributed by atoms with Gasteiger partial charge in [0.25, 0.3) is 0 Å². The molecule has 3 rings (SSSR count). The van der Waals surface area contributed by atoms with Gasteiger partial charge in [-0.1, -0.05) is 37.7 Å². The number of nitrogens with zero attached hydrogens (tertiary/aromatic N) is 3. The molecule has 0 aliphatic rings. The summed E-state index contributed by atoms with van der Waals surface area (Å²) in [4.78, 5) is 34.5. The molecule has 0 unspecified atom stereocenters. The molecule has 0 aliphatic carbocycles. The maximum absolute atomic E-state index is 13.4. The molecule has 3 aromatic rings. The van der Waals surface area contributed by atoms with Crippen LogP contribution in [0.5, 0.6) is 0 Å². The zero-order valence-corrected chi connectivity index (χ0v) is 20.3. The summed E-state index contributed by atoms with van der Waals surface area (Å²) in [5.41, 5.74) is 5.16. The molecule has 32 heavy (non-hydrogen) atoms. The SMILES string of the molecule is CCSc1ncc(C)c2nc(C)c(C(=O)SCCC(=O)CC)c(-c3ccc(C#N)cc3)c12. The average Bonchev–Trinajstić information content (AvgIpc) is 2.80. The molecule has 2 heterocycles. The molecule has 0 atom stereocenters. The van der Waals surface area contributed by atoms with Crippen LogP contribution in [-0.4, -0.2) is 32.4 Å². The van der Waals surface area contributed by atoms with E-state index < -0.39 is 0 Å². The number of Topliss-reactive ketones (excluding diaryl/α,β-unsaturated/α-hetero) is 1. The van der Waals surface area contributed by atoms with Crippen LogP contribution in [0.25, 0.3) is 22.0 Å². The highest BCUT2D eigenvalue weighted by atomic mass is 32.2. The highest BCUT2D eigenvalue weighted by Crippen LogP contribution is 2.40. The van der Waals surface area contributed by atoms with E-state index in [9.17, 15) is 14.9 Å². The second-order valence-electron chi connectivity index (χ2n) is 7.32. The zero-order valence-electron chi connectivity index (χ0n) is 18.7. The van der Waals surface area contributed by atoms with Gasteiger partial charge in [0, 0.05) is 35.7 Å². The van der Waals surface area contributed by atoms with Crippen LogP contribution < -0.4 is 0 Å². The Kier molecular flexibility index (Phi) is 8.05. The monoisotopic (exact) mass is 463 g/mol. The van der Waals surface area contributed by atoms with Gasteiger partial charge in [0.05, 0.1) is 28.4 Å². The molecule has 1 aromatic carbocycles. The number of hydrogen-bond acceptors (Lipinski definition) is 7. The normalized spacial score (nSPS) is 10.8. The smallest absolute Gasteiger partial charge is 0.221 e. The van der Waals surface area contributed by atoms with Crippen molar-refractivity contribution in [2.75, 3.05) is 11.5 Å². The number of benzene rings is 1. The maximum atomic E-state index is 13.4. The predicted octanol–water partition coefficient (Wildman–Crippen LogP) is 6.14. The highest BCUT2D eigenvalue weighted by molar-refractivity contribution is 8.14. The molecule has 0 radical (unpaired) electrons. The molecule has 0 aliphatic heterocycles. The van der Waals surface area contributed by atoms with E-state index in [4.69, 9.17) is 4.98 Å². The van der Waals surface area contributed by atoms with Gasteiger partial charge in [0.2, 0.25) is 5.12 Å².